The van der Waals surface area contributed by atoms with Gasteiger partial charge in [0, 0.05) is 40.6 Å². The van der Waals surface area contributed by atoms with Crippen molar-refractivity contribution in [1.29, 1.82) is 0 Å². The second-order valence-corrected chi connectivity index (χ2v) is 8.78. The summed E-state index contributed by atoms with van der Waals surface area (Å²) in [5.74, 6) is 0. The van der Waals surface area contributed by atoms with Crippen LogP contribution in [0, 0.1) is 0 Å². The van der Waals surface area contributed by atoms with Crippen molar-refractivity contribution in [2.45, 2.75) is 12.5 Å². The van der Waals surface area contributed by atoms with E-state index in [9.17, 15) is 0 Å². The lowest BCUT2D eigenvalue weighted by Gasteiger charge is -2.15. The second kappa shape index (κ2) is 7.87. The van der Waals surface area contributed by atoms with Gasteiger partial charge in [0.05, 0.1) is 0 Å². The molecule has 0 saturated heterocycles. The zero-order chi connectivity index (χ0) is 19.6. The van der Waals surface area contributed by atoms with Gasteiger partial charge in [-0.1, -0.05) is 41.7 Å². The minimum Gasteiger partial charge on any atom is -0.356 e. The third-order valence-corrected chi connectivity index (χ3v) is 6.87. The zero-order valence-corrected chi connectivity index (χ0v) is 17.2. The van der Waals surface area contributed by atoms with Gasteiger partial charge < -0.3 is 11.1 Å². The molecule has 144 valence electrons. The first-order valence-corrected chi connectivity index (χ1v) is 11.1. The SMILES string of the molecule is NCC(Cc1csc2ccccc12)Nc1nnc(-c2ccc3cnccc3c2)s1. The summed E-state index contributed by atoms with van der Waals surface area (Å²) < 4.78 is 1.31. The molecule has 0 amide bonds. The van der Waals surface area contributed by atoms with E-state index in [1.165, 1.54) is 15.6 Å². The zero-order valence-electron chi connectivity index (χ0n) is 15.6. The molecule has 7 heteroatoms. The predicted octanol–water partition coefficient (Wildman–Crippen LogP) is 4.95. The lowest BCUT2D eigenvalue weighted by atomic mass is 10.1. The number of hydrogen-bond acceptors (Lipinski definition) is 7. The first-order valence-electron chi connectivity index (χ1n) is 9.39. The number of anilines is 1. The van der Waals surface area contributed by atoms with Gasteiger partial charge in [0.25, 0.3) is 0 Å². The van der Waals surface area contributed by atoms with Crippen LogP contribution in [0.5, 0.6) is 0 Å². The van der Waals surface area contributed by atoms with E-state index in [0.29, 0.717) is 6.54 Å². The van der Waals surface area contributed by atoms with Crippen LogP contribution in [0.4, 0.5) is 5.13 Å². The van der Waals surface area contributed by atoms with E-state index in [1.54, 1.807) is 28.9 Å². The van der Waals surface area contributed by atoms with Crippen LogP contribution in [0.15, 0.2) is 66.3 Å². The Kier molecular flexibility index (Phi) is 4.93. The molecule has 0 fully saturated rings. The van der Waals surface area contributed by atoms with Gasteiger partial charge in [-0.05, 0) is 46.3 Å². The maximum Gasteiger partial charge on any atom is 0.206 e. The molecule has 0 radical (unpaired) electrons. The Morgan fingerprint density at radius 3 is 2.90 bits per heavy atom. The Morgan fingerprint density at radius 2 is 1.97 bits per heavy atom. The van der Waals surface area contributed by atoms with Crippen LogP contribution in [-0.2, 0) is 6.42 Å². The molecule has 5 rings (SSSR count). The highest BCUT2D eigenvalue weighted by Crippen LogP contribution is 2.30. The highest BCUT2D eigenvalue weighted by molar-refractivity contribution is 7.18. The van der Waals surface area contributed by atoms with E-state index >= 15 is 0 Å². The number of nitrogens with one attached hydrogen (secondary N) is 1. The third kappa shape index (κ3) is 3.72. The summed E-state index contributed by atoms with van der Waals surface area (Å²) in [6.45, 7) is 0.530. The molecule has 0 aliphatic heterocycles. The summed E-state index contributed by atoms with van der Waals surface area (Å²) in [6, 6.07) is 16.9. The molecule has 1 atom stereocenters. The number of fused-ring (bicyclic) bond motifs is 2. The highest BCUT2D eigenvalue weighted by Gasteiger charge is 2.14. The molecule has 0 bridgehead atoms. The fourth-order valence-corrected chi connectivity index (χ4v) is 5.23. The van der Waals surface area contributed by atoms with Crippen molar-refractivity contribution < 1.29 is 0 Å². The molecule has 0 saturated carbocycles. The van der Waals surface area contributed by atoms with Crippen molar-refractivity contribution in [3.05, 3.63) is 71.9 Å². The van der Waals surface area contributed by atoms with E-state index in [-0.39, 0.29) is 6.04 Å². The minimum absolute atomic E-state index is 0.108. The molecule has 3 heterocycles. The van der Waals surface area contributed by atoms with Crippen LogP contribution in [0.1, 0.15) is 5.56 Å². The van der Waals surface area contributed by atoms with Crippen molar-refractivity contribution in [2.75, 3.05) is 11.9 Å². The van der Waals surface area contributed by atoms with Crippen LogP contribution in [-0.4, -0.2) is 27.8 Å². The summed E-state index contributed by atoms with van der Waals surface area (Å²) in [4.78, 5) is 4.16. The van der Waals surface area contributed by atoms with E-state index in [2.05, 4.69) is 68.3 Å². The fourth-order valence-electron chi connectivity index (χ4n) is 3.44. The molecular weight excluding hydrogens is 398 g/mol. The molecule has 0 aliphatic carbocycles. The van der Waals surface area contributed by atoms with Crippen molar-refractivity contribution >= 4 is 48.7 Å². The highest BCUT2D eigenvalue weighted by atomic mass is 32.1. The number of nitrogens with two attached hydrogens (primary N) is 1. The molecule has 3 N–H and O–H groups in total. The van der Waals surface area contributed by atoms with Gasteiger partial charge in [-0.3, -0.25) is 4.98 Å². The quantitative estimate of drug-likeness (QED) is 0.409. The predicted molar refractivity (Wildman–Crippen MR) is 123 cm³/mol. The fraction of sp³-hybridized carbons (Fsp3) is 0.136. The first kappa shape index (κ1) is 18.2. The molecule has 29 heavy (non-hydrogen) atoms. The van der Waals surface area contributed by atoms with Crippen LogP contribution in [0.2, 0.25) is 0 Å². The van der Waals surface area contributed by atoms with Crippen LogP contribution >= 0.6 is 22.7 Å². The lowest BCUT2D eigenvalue weighted by Crippen LogP contribution is -2.30. The van der Waals surface area contributed by atoms with Crippen LogP contribution in [0.3, 0.4) is 0 Å². The van der Waals surface area contributed by atoms with Crippen molar-refractivity contribution in [3.63, 3.8) is 0 Å². The van der Waals surface area contributed by atoms with Gasteiger partial charge in [-0.25, -0.2) is 0 Å². The summed E-state index contributed by atoms with van der Waals surface area (Å²) in [7, 11) is 0. The van der Waals surface area contributed by atoms with Gasteiger partial charge in [-0.15, -0.1) is 21.5 Å². The molecule has 5 nitrogen and oxygen atoms in total. The average Bonchev–Trinajstić information content (AvgIpc) is 3.40. The Bertz CT molecular complexity index is 1280. The van der Waals surface area contributed by atoms with Gasteiger partial charge in [0.1, 0.15) is 5.01 Å². The standard InChI is InChI=1S/C22H19N5S2/c23-11-18(10-17-13-28-20-4-2-1-3-19(17)20)25-22-27-26-21(29-22)15-5-6-16-12-24-8-7-14(16)9-15/h1-9,12-13,18H,10-11,23H2,(H,25,27). The molecular formula is C22H19N5S2. The van der Waals surface area contributed by atoms with E-state index < -0.39 is 0 Å². The van der Waals surface area contributed by atoms with Crippen molar-refractivity contribution in [3.8, 4) is 10.6 Å². The summed E-state index contributed by atoms with van der Waals surface area (Å²) >= 11 is 3.33. The third-order valence-electron chi connectivity index (χ3n) is 4.95. The molecule has 0 aliphatic rings. The monoisotopic (exact) mass is 417 g/mol. The number of rotatable bonds is 6. The van der Waals surface area contributed by atoms with Gasteiger partial charge in [0.15, 0.2) is 0 Å². The molecule has 1 unspecified atom stereocenters. The summed E-state index contributed by atoms with van der Waals surface area (Å²) in [6.07, 6.45) is 4.53. The number of benzene rings is 2. The molecule has 2 aromatic carbocycles. The van der Waals surface area contributed by atoms with E-state index in [0.717, 1.165) is 32.9 Å². The Morgan fingerprint density at radius 1 is 1.03 bits per heavy atom. The Labute approximate surface area is 176 Å². The number of thiophene rings is 1. The topological polar surface area (TPSA) is 76.7 Å². The second-order valence-electron chi connectivity index (χ2n) is 6.89. The van der Waals surface area contributed by atoms with Gasteiger partial charge in [0.2, 0.25) is 5.13 Å². The Balaban J connectivity index is 1.35. The molecule has 5 aromatic rings. The number of pyridine rings is 1. The van der Waals surface area contributed by atoms with Gasteiger partial charge in [-0.2, -0.15) is 0 Å². The molecule has 0 spiro atoms. The summed E-state index contributed by atoms with van der Waals surface area (Å²) in [5, 5.41) is 19.7. The maximum atomic E-state index is 6.05. The van der Waals surface area contributed by atoms with Gasteiger partial charge >= 0.3 is 0 Å². The average molecular weight is 418 g/mol. The smallest absolute Gasteiger partial charge is 0.206 e. The van der Waals surface area contributed by atoms with Crippen molar-refractivity contribution in [1.82, 2.24) is 15.2 Å². The number of aromatic nitrogens is 3. The maximum absolute atomic E-state index is 6.05. The normalized spacial score (nSPS) is 12.4. The number of hydrogen-bond donors (Lipinski definition) is 2. The lowest BCUT2D eigenvalue weighted by molar-refractivity contribution is 0.725. The molecule has 3 aromatic heterocycles. The largest absolute Gasteiger partial charge is 0.356 e. The van der Waals surface area contributed by atoms with Crippen molar-refractivity contribution in [2.24, 2.45) is 5.73 Å². The summed E-state index contributed by atoms with van der Waals surface area (Å²) in [5.41, 5.74) is 8.43. The Hall–Kier alpha value is -2.87. The van der Waals surface area contributed by atoms with E-state index in [4.69, 9.17) is 5.73 Å². The number of nitrogens with zero attached hydrogens (tertiary/aromatic N) is 3. The minimum atomic E-state index is 0.108. The van der Waals surface area contributed by atoms with E-state index in [1.807, 2.05) is 12.3 Å². The van der Waals surface area contributed by atoms with Crippen LogP contribution in [0.25, 0.3) is 31.4 Å². The first-order chi connectivity index (χ1) is 14.3. The van der Waals surface area contributed by atoms with Crippen LogP contribution < -0.4 is 11.1 Å².